The van der Waals surface area contributed by atoms with Gasteiger partial charge in [0.25, 0.3) is 5.56 Å². The van der Waals surface area contributed by atoms with E-state index in [2.05, 4.69) is 31.0 Å². The average molecular weight is 598 g/mol. The van der Waals surface area contributed by atoms with Crippen molar-refractivity contribution in [3.8, 4) is 17.0 Å². The summed E-state index contributed by atoms with van der Waals surface area (Å²) in [5.74, 6) is -0.0875. The van der Waals surface area contributed by atoms with Crippen molar-refractivity contribution >= 4 is 45.9 Å². The van der Waals surface area contributed by atoms with Crippen molar-refractivity contribution < 1.29 is 14.3 Å². The zero-order chi connectivity index (χ0) is 29.7. The number of aryl methyl sites for hydroxylation is 2. The maximum absolute atomic E-state index is 14.3. The molecular formula is C33H28ClN3O4S. The molecule has 1 N–H and O–H groups in total. The number of aromatic nitrogens is 2. The highest BCUT2D eigenvalue weighted by atomic mass is 35.5. The van der Waals surface area contributed by atoms with E-state index in [1.54, 1.807) is 25.1 Å². The van der Waals surface area contributed by atoms with Crippen LogP contribution in [-0.4, -0.2) is 29.7 Å². The molecule has 1 atom stereocenters. The van der Waals surface area contributed by atoms with Gasteiger partial charge in [0.05, 0.1) is 35.7 Å². The smallest absolute Gasteiger partial charge is 0.338 e. The Morgan fingerprint density at radius 3 is 2.55 bits per heavy atom. The third-order valence-corrected chi connectivity index (χ3v) is 8.76. The maximum atomic E-state index is 14.3. The molecule has 0 aliphatic carbocycles. The number of benzene rings is 3. The Bertz CT molecular complexity index is 2100. The standard InChI is InChI=1S/C33H28ClN3O4S/c1-17-13-18(2)28-22(14-17)23(29(36-28)20-9-7-6-8-10-20)16-26-31(38)37-30(24-15-21(34)11-12-25(24)40-4)27(32(39)41-5)19(3)35-33(37)42-26/h6-16,30,36H,1-5H3/b26-16-/t30-/m0/s1. The minimum absolute atomic E-state index is 0.250. The van der Waals surface area contributed by atoms with Crippen LogP contribution < -0.4 is 19.6 Å². The Kier molecular flexibility index (Phi) is 7.12. The average Bonchev–Trinajstić information content (AvgIpc) is 3.49. The summed E-state index contributed by atoms with van der Waals surface area (Å²) in [4.78, 5) is 36.2. The topological polar surface area (TPSA) is 85.7 Å². The van der Waals surface area contributed by atoms with Gasteiger partial charge < -0.3 is 14.5 Å². The van der Waals surface area contributed by atoms with Gasteiger partial charge in [-0.2, -0.15) is 0 Å². The number of hydrogen-bond donors (Lipinski definition) is 1. The first-order valence-corrected chi connectivity index (χ1v) is 14.5. The molecule has 0 unspecified atom stereocenters. The van der Waals surface area contributed by atoms with Crippen molar-refractivity contribution in [3.05, 3.63) is 119 Å². The number of allylic oxidation sites excluding steroid dienone is 1. The summed E-state index contributed by atoms with van der Waals surface area (Å²) < 4.78 is 12.8. The van der Waals surface area contributed by atoms with E-state index in [0.717, 1.165) is 38.9 Å². The minimum Gasteiger partial charge on any atom is -0.496 e. The first kappa shape index (κ1) is 27.8. The number of H-pyrrole nitrogens is 1. The molecule has 6 rings (SSSR count). The molecule has 0 fully saturated rings. The van der Waals surface area contributed by atoms with Gasteiger partial charge >= 0.3 is 5.97 Å². The molecule has 0 saturated heterocycles. The van der Waals surface area contributed by atoms with E-state index in [-0.39, 0.29) is 11.1 Å². The highest BCUT2D eigenvalue weighted by Gasteiger charge is 2.35. The lowest BCUT2D eigenvalue weighted by atomic mass is 9.95. The number of thiazole rings is 1. The van der Waals surface area contributed by atoms with E-state index in [1.807, 2.05) is 36.4 Å². The van der Waals surface area contributed by atoms with Crippen molar-refractivity contribution in [1.29, 1.82) is 0 Å². The summed E-state index contributed by atoms with van der Waals surface area (Å²) in [7, 11) is 2.85. The molecule has 0 spiro atoms. The lowest BCUT2D eigenvalue weighted by molar-refractivity contribution is -0.136. The van der Waals surface area contributed by atoms with Gasteiger partial charge in [0.2, 0.25) is 0 Å². The lowest BCUT2D eigenvalue weighted by Crippen LogP contribution is -2.40. The van der Waals surface area contributed by atoms with Crippen molar-refractivity contribution in [2.24, 2.45) is 4.99 Å². The summed E-state index contributed by atoms with van der Waals surface area (Å²) in [6.45, 7) is 5.88. The zero-order valence-electron chi connectivity index (χ0n) is 23.7. The van der Waals surface area contributed by atoms with Crippen LogP contribution >= 0.6 is 22.9 Å². The highest BCUT2D eigenvalue weighted by molar-refractivity contribution is 7.07. The fourth-order valence-electron chi connectivity index (χ4n) is 5.69. The predicted octanol–water partition coefficient (Wildman–Crippen LogP) is 5.84. The fourth-order valence-corrected chi connectivity index (χ4v) is 6.90. The highest BCUT2D eigenvalue weighted by Crippen LogP contribution is 2.37. The Morgan fingerprint density at radius 2 is 1.83 bits per heavy atom. The van der Waals surface area contributed by atoms with Crippen LogP contribution in [0.5, 0.6) is 5.75 Å². The van der Waals surface area contributed by atoms with Crippen molar-refractivity contribution in [3.63, 3.8) is 0 Å². The second kappa shape index (κ2) is 10.8. The van der Waals surface area contributed by atoms with E-state index in [4.69, 9.17) is 26.1 Å². The Labute approximate surface area is 251 Å². The number of aromatic amines is 1. The van der Waals surface area contributed by atoms with Crippen molar-refractivity contribution in [2.75, 3.05) is 14.2 Å². The number of hydrogen-bond acceptors (Lipinski definition) is 6. The Balaban J connectivity index is 1.67. The van der Waals surface area contributed by atoms with E-state index in [0.29, 0.717) is 31.4 Å². The number of fused-ring (bicyclic) bond motifs is 2. The number of rotatable bonds is 5. The molecule has 0 radical (unpaired) electrons. The van der Waals surface area contributed by atoms with Crippen molar-refractivity contribution in [1.82, 2.24) is 9.55 Å². The summed E-state index contributed by atoms with van der Waals surface area (Å²) in [6, 6.07) is 18.6. The van der Waals surface area contributed by atoms with Crippen LogP contribution in [0.3, 0.4) is 0 Å². The van der Waals surface area contributed by atoms with Gasteiger partial charge in [-0.3, -0.25) is 9.36 Å². The molecule has 0 bridgehead atoms. The monoisotopic (exact) mass is 597 g/mol. The number of methoxy groups -OCH3 is 2. The lowest BCUT2D eigenvalue weighted by Gasteiger charge is -2.25. The molecule has 2 aromatic heterocycles. The van der Waals surface area contributed by atoms with Crippen LogP contribution in [0.4, 0.5) is 0 Å². The largest absolute Gasteiger partial charge is 0.496 e. The van der Waals surface area contributed by atoms with Crippen LogP contribution in [0.1, 0.15) is 35.2 Å². The summed E-state index contributed by atoms with van der Waals surface area (Å²) >= 11 is 7.68. The van der Waals surface area contributed by atoms with E-state index in [1.165, 1.54) is 30.1 Å². The summed E-state index contributed by atoms with van der Waals surface area (Å²) in [6.07, 6.45) is 1.92. The first-order valence-electron chi connectivity index (χ1n) is 13.3. The molecule has 9 heteroatoms. The van der Waals surface area contributed by atoms with Crippen molar-refractivity contribution in [2.45, 2.75) is 26.8 Å². The number of carbonyl (C=O) groups excluding carboxylic acids is 1. The van der Waals surface area contributed by atoms with Crippen LogP contribution in [0.2, 0.25) is 5.02 Å². The third-order valence-electron chi connectivity index (χ3n) is 7.54. The quantitative estimate of drug-likeness (QED) is 0.258. The maximum Gasteiger partial charge on any atom is 0.338 e. The van der Waals surface area contributed by atoms with Crippen LogP contribution in [0.25, 0.3) is 28.2 Å². The van der Waals surface area contributed by atoms with Gasteiger partial charge in [-0.25, -0.2) is 9.79 Å². The molecule has 7 nitrogen and oxygen atoms in total. The number of carbonyl (C=O) groups is 1. The SMILES string of the molecule is COC(=O)C1=C(C)N=c2s/c(=C\c3c(-c4ccccc4)[nH]c4c(C)cc(C)cc34)c(=O)n2[C@H]1c1cc(Cl)ccc1OC. The summed E-state index contributed by atoms with van der Waals surface area (Å²) in [5.41, 5.74) is 7.10. The number of esters is 1. The molecule has 5 aromatic rings. The molecule has 0 saturated carbocycles. The number of nitrogens with zero attached hydrogens (tertiary/aromatic N) is 2. The Hall–Kier alpha value is -4.40. The molecule has 3 heterocycles. The van der Waals surface area contributed by atoms with E-state index in [9.17, 15) is 9.59 Å². The predicted molar refractivity (Wildman–Crippen MR) is 167 cm³/mol. The second-order valence-electron chi connectivity index (χ2n) is 10.2. The first-order chi connectivity index (χ1) is 20.2. The fraction of sp³-hybridized carbons (Fsp3) is 0.182. The molecule has 1 aliphatic heterocycles. The van der Waals surface area contributed by atoms with Crippen LogP contribution in [-0.2, 0) is 9.53 Å². The number of halogens is 1. The molecule has 1 aliphatic rings. The molecule has 42 heavy (non-hydrogen) atoms. The minimum atomic E-state index is -0.842. The second-order valence-corrected chi connectivity index (χ2v) is 11.7. The Morgan fingerprint density at radius 1 is 1.07 bits per heavy atom. The van der Waals surface area contributed by atoms with Crippen LogP contribution in [0.15, 0.2) is 81.7 Å². The normalized spacial score (nSPS) is 15.1. The van der Waals surface area contributed by atoms with E-state index >= 15 is 0 Å². The van der Waals surface area contributed by atoms with E-state index < -0.39 is 12.0 Å². The molecule has 212 valence electrons. The third kappa shape index (κ3) is 4.57. The van der Waals surface area contributed by atoms with Crippen LogP contribution in [0, 0.1) is 13.8 Å². The molecule has 3 aromatic carbocycles. The number of nitrogens with one attached hydrogen (secondary N) is 1. The van der Waals surface area contributed by atoms with Gasteiger partial charge in [0.15, 0.2) is 4.80 Å². The van der Waals surface area contributed by atoms with Gasteiger partial charge in [-0.1, -0.05) is 64.9 Å². The van der Waals surface area contributed by atoms with Gasteiger partial charge in [-0.15, -0.1) is 0 Å². The molecule has 0 amide bonds. The van der Waals surface area contributed by atoms with Gasteiger partial charge in [0.1, 0.15) is 11.8 Å². The molecular weight excluding hydrogens is 570 g/mol. The summed E-state index contributed by atoms with van der Waals surface area (Å²) in [5, 5.41) is 1.47. The number of ether oxygens (including phenoxy) is 2. The zero-order valence-corrected chi connectivity index (χ0v) is 25.3. The van der Waals surface area contributed by atoms with Gasteiger partial charge in [0, 0.05) is 27.1 Å². The van der Waals surface area contributed by atoms with Gasteiger partial charge in [-0.05, 0) is 62.2 Å².